The number of piperidine rings is 1. The van der Waals surface area contributed by atoms with E-state index in [4.69, 9.17) is 4.98 Å². The first-order valence-electron chi connectivity index (χ1n) is 12.2. The zero-order valence-corrected chi connectivity index (χ0v) is 19.4. The van der Waals surface area contributed by atoms with Gasteiger partial charge in [-0.25, -0.2) is 9.37 Å². The van der Waals surface area contributed by atoms with Crippen molar-refractivity contribution in [3.05, 3.63) is 41.0 Å². The van der Waals surface area contributed by atoms with Crippen LogP contribution in [0.25, 0.3) is 11.0 Å². The molecule has 168 valence electrons. The fourth-order valence-corrected chi connectivity index (χ4v) is 6.22. The van der Waals surface area contributed by atoms with Crippen molar-refractivity contribution in [3.8, 4) is 0 Å². The molecule has 1 unspecified atom stereocenters. The van der Waals surface area contributed by atoms with E-state index in [9.17, 15) is 4.39 Å². The van der Waals surface area contributed by atoms with E-state index in [0.29, 0.717) is 17.4 Å². The largest absolute Gasteiger partial charge is 0.324 e. The number of fused-ring (bicyclic) bond motifs is 1. The Bertz CT molecular complexity index is 975. The lowest BCUT2D eigenvalue weighted by Crippen LogP contribution is -2.39. The molecule has 31 heavy (non-hydrogen) atoms. The zero-order valence-electron chi connectivity index (χ0n) is 19.4. The molecule has 5 heteroatoms. The maximum atomic E-state index is 13.9. The van der Waals surface area contributed by atoms with E-state index in [-0.39, 0.29) is 5.82 Å². The number of hydrogen-bond acceptors (Lipinski definition) is 3. The molecule has 2 aliphatic heterocycles. The van der Waals surface area contributed by atoms with Gasteiger partial charge in [0.25, 0.3) is 0 Å². The Morgan fingerprint density at radius 3 is 2.71 bits per heavy atom. The van der Waals surface area contributed by atoms with Gasteiger partial charge >= 0.3 is 0 Å². The number of nitrogens with one attached hydrogen (secondary N) is 1. The number of halogens is 1. The van der Waals surface area contributed by atoms with E-state index < -0.39 is 0 Å². The van der Waals surface area contributed by atoms with Gasteiger partial charge in [-0.05, 0) is 69.5 Å². The third-order valence-electron chi connectivity index (χ3n) is 8.09. The maximum Gasteiger partial charge on any atom is 0.125 e. The van der Waals surface area contributed by atoms with Crippen LogP contribution >= 0.6 is 0 Å². The topological polar surface area (TPSA) is 33.1 Å². The lowest BCUT2D eigenvalue weighted by molar-refractivity contribution is 0.184. The molecule has 2 saturated heterocycles. The minimum Gasteiger partial charge on any atom is -0.324 e. The van der Waals surface area contributed by atoms with E-state index in [1.54, 1.807) is 23.3 Å². The minimum atomic E-state index is -0.193. The predicted octanol–water partition coefficient (Wildman–Crippen LogP) is 5.42. The van der Waals surface area contributed by atoms with Crippen LogP contribution in [0, 0.1) is 11.2 Å². The van der Waals surface area contributed by atoms with Crippen molar-refractivity contribution in [1.82, 2.24) is 19.8 Å². The van der Waals surface area contributed by atoms with Crippen molar-refractivity contribution in [1.29, 1.82) is 0 Å². The van der Waals surface area contributed by atoms with Crippen molar-refractivity contribution < 1.29 is 4.39 Å². The quantitative estimate of drug-likeness (QED) is 0.666. The Kier molecular flexibility index (Phi) is 5.68. The van der Waals surface area contributed by atoms with Crippen molar-refractivity contribution >= 4 is 11.0 Å². The highest BCUT2D eigenvalue weighted by atomic mass is 19.1. The first-order valence-corrected chi connectivity index (χ1v) is 12.2. The Morgan fingerprint density at radius 1 is 1.19 bits per heavy atom. The Labute approximate surface area is 185 Å². The number of benzene rings is 1. The Hall–Kier alpha value is -1.72. The van der Waals surface area contributed by atoms with Crippen LogP contribution in [0.1, 0.15) is 77.1 Å². The van der Waals surface area contributed by atoms with E-state index >= 15 is 0 Å². The maximum absolute atomic E-state index is 13.9. The van der Waals surface area contributed by atoms with Gasteiger partial charge in [-0.1, -0.05) is 25.0 Å². The fourth-order valence-electron chi connectivity index (χ4n) is 6.22. The van der Waals surface area contributed by atoms with Crippen molar-refractivity contribution in [3.63, 3.8) is 0 Å². The van der Waals surface area contributed by atoms with Crippen molar-refractivity contribution in [2.24, 2.45) is 5.41 Å². The van der Waals surface area contributed by atoms with Gasteiger partial charge in [-0.3, -0.25) is 4.90 Å². The van der Waals surface area contributed by atoms with Crippen LogP contribution in [0.4, 0.5) is 4.39 Å². The van der Waals surface area contributed by atoms with Crippen LogP contribution in [-0.2, 0) is 0 Å². The van der Waals surface area contributed by atoms with Crippen molar-refractivity contribution in [2.45, 2.75) is 71.3 Å². The van der Waals surface area contributed by atoms with Gasteiger partial charge in [0.2, 0.25) is 0 Å². The van der Waals surface area contributed by atoms with Crippen LogP contribution in [0.3, 0.4) is 0 Å². The summed E-state index contributed by atoms with van der Waals surface area (Å²) in [6, 6.07) is 5.59. The summed E-state index contributed by atoms with van der Waals surface area (Å²) in [7, 11) is 0. The first-order chi connectivity index (χ1) is 14.9. The lowest BCUT2D eigenvalue weighted by Gasteiger charge is -2.40. The van der Waals surface area contributed by atoms with Crippen LogP contribution in [0.2, 0.25) is 0 Å². The normalized spacial score (nSPS) is 25.6. The summed E-state index contributed by atoms with van der Waals surface area (Å²) in [5.74, 6) is 1.40. The van der Waals surface area contributed by atoms with Gasteiger partial charge in [0, 0.05) is 44.2 Å². The third kappa shape index (κ3) is 4.07. The zero-order chi connectivity index (χ0) is 21.6. The molecule has 0 spiro atoms. The molecule has 0 bridgehead atoms. The first kappa shape index (κ1) is 21.1. The molecule has 3 heterocycles. The summed E-state index contributed by atoms with van der Waals surface area (Å²) < 4.78 is 16.4. The highest BCUT2D eigenvalue weighted by Gasteiger charge is 2.32. The molecule has 5 rings (SSSR count). The number of hydrogen-bond donors (Lipinski definition) is 1. The lowest BCUT2D eigenvalue weighted by atomic mass is 9.72. The van der Waals surface area contributed by atoms with Gasteiger partial charge < -0.3 is 9.88 Å². The summed E-state index contributed by atoms with van der Waals surface area (Å²) >= 11 is 0. The number of imidazole rings is 1. The molecule has 0 radical (unpaired) electrons. The van der Waals surface area contributed by atoms with E-state index in [1.165, 1.54) is 19.3 Å². The second-order valence-electron chi connectivity index (χ2n) is 10.7. The second kappa shape index (κ2) is 8.32. The molecule has 1 N–H and O–H groups in total. The number of allylic oxidation sites excluding steroid dienone is 1. The van der Waals surface area contributed by atoms with E-state index in [1.807, 2.05) is 6.07 Å². The summed E-state index contributed by atoms with van der Waals surface area (Å²) in [4.78, 5) is 7.60. The molecular formula is C26H37FN4. The molecule has 4 nitrogen and oxygen atoms in total. The van der Waals surface area contributed by atoms with Gasteiger partial charge in [0.1, 0.15) is 11.6 Å². The molecule has 1 aliphatic carbocycles. The highest BCUT2D eigenvalue weighted by Crippen LogP contribution is 2.41. The van der Waals surface area contributed by atoms with Gasteiger partial charge in [-0.15, -0.1) is 0 Å². The van der Waals surface area contributed by atoms with Gasteiger partial charge in [0.05, 0.1) is 11.0 Å². The molecule has 1 aromatic heterocycles. The molecule has 2 aromatic rings. The van der Waals surface area contributed by atoms with Crippen molar-refractivity contribution in [2.75, 3.05) is 32.7 Å². The number of aromatic nitrogens is 2. The van der Waals surface area contributed by atoms with E-state index in [2.05, 4.69) is 35.6 Å². The SMILES string of the molecule is CC1=C(CN2CCC(n3c(C4CCNC4)nc4cc(F)ccc43)CC2)C(C)(C)CCC1. The Balaban J connectivity index is 1.36. The van der Waals surface area contributed by atoms with Crippen LogP contribution in [0.15, 0.2) is 29.3 Å². The molecule has 0 amide bonds. The fraction of sp³-hybridized carbons (Fsp3) is 0.654. The second-order valence-corrected chi connectivity index (χ2v) is 10.7. The summed E-state index contributed by atoms with van der Waals surface area (Å²) in [6.45, 7) is 12.6. The van der Waals surface area contributed by atoms with Crippen LogP contribution < -0.4 is 5.32 Å². The molecule has 1 atom stereocenters. The number of likely N-dealkylation sites (tertiary alicyclic amines) is 1. The molecule has 0 saturated carbocycles. The Morgan fingerprint density at radius 2 is 2.00 bits per heavy atom. The summed E-state index contributed by atoms with van der Waals surface area (Å²) in [6.07, 6.45) is 7.31. The average molecular weight is 425 g/mol. The predicted molar refractivity (Wildman–Crippen MR) is 125 cm³/mol. The van der Waals surface area contributed by atoms with Crippen LogP contribution in [0.5, 0.6) is 0 Å². The number of nitrogens with zero attached hydrogens (tertiary/aromatic N) is 3. The molecule has 3 aliphatic rings. The van der Waals surface area contributed by atoms with Gasteiger partial charge in [0.15, 0.2) is 0 Å². The highest BCUT2D eigenvalue weighted by molar-refractivity contribution is 5.76. The standard InChI is InChI=1S/C26H37FN4/c1-18-5-4-11-26(2,3)22(18)17-30-13-9-21(10-14-30)31-24-7-6-20(27)15-23(24)29-25(31)19-8-12-28-16-19/h6-7,15,19,21,28H,4-5,8-14,16-17H2,1-3H3. The smallest absolute Gasteiger partial charge is 0.125 e. The summed E-state index contributed by atoms with van der Waals surface area (Å²) in [5.41, 5.74) is 5.56. The molecule has 1 aromatic carbocycles. The van der Waals surface area contributed by atoms with E-state index in [0.717, 1.165) is 68.8 Å². The number of rotatable bonds is 4. The molecule has 2 fully saturated rings. The molecular weight excluding hydrogens is 387 g/mol. The summed E-state index contributed by atoms with van der Waals surface area (Å²) in [5, 5.41) is 3.48. The van der Waals surface area contributed by atoms with Gasteiger partial charge in [-0.2, -0.15) is 0 Å². The third-order valence-corrected chi connectivity index (χ3v) is 8.09. The minimum absolute atomic E-state index is 0.193. The monoisotopic (exact) mass is 424 g/mol. The van der Waals surface area contributed by atoms with Crippen LogP contribution in [-0.4, -0.2) is 47.2 Å². The average Bonchev–Trinajstić information content (AvgIpc) is 3.38.